The Bertz CT molecular complexity index is 1150. The van der Waals surface area contributed by atoms with Crippen molar-refractivity contribution in [2.24, 2.45) is 0 Å². The average molecular weight is 396 g/mol. The molecule has 0 saturated carbocycles. The van der Waals surface area contributed by atoms with Gasteiger partial charge >= 0.3 is 0 Å². The Hall–Kier alpha value is -2.21. The molecule has 1 atom stereocenters. The number of hydrogen-bond acceptors (Lipinski definition) is 4. The Morgan fingerprint density at radius 3 is 2.81 bits per heavy atom. The molecule has 0 bridgehead atoms. The second kappa shape index (κ2) is 6.16. The Morgan fingerprint density at radius 2 is 2.00 bits per heavy atom. The van der Waals surface area contributed by atoms with E-state index in [-0.39, 0.29) is 0 Å². The van der Waals surface area contributed by atoms with Crippen LogP contribution in [0.4, 0.5) is 0 Å². The molecule has 0 radical (unpaired) electrons. The average Bonchev–Trinajstić information content (AvgIpc) is 3.23. The Morgan fingerprint density at radius 1 is 1.19 bits per heavy atom. The van der Waals surface area contributed by atoms with E-state index in [9.17, 15) is 5.11 Å². The van der Waals surface area contributed by atoms with Crippen molar-refractivity contribution in [2.45, 2.75) is 31.8 Å². The minimum absolute atomic E-state index is 0.665. The molecule has 27 heavy (non-hydrogen) atoms. The first-order valence-corrected chi connectivity index (χ1v) is 10.2. The van der Waals surface area contributed by atoms with Crippen LogP contribution >= 0.6 is 22.9 Å². The van der Waals surface area contributed by atoms with Crippen LogP contribution in [0.15, 0.2) is 48.7 Å². The van der Waals surface area contributed by atoms with Crippen LogP contribution in [0.25, 0.3) is 16.1 Å². The second-order valence-electron chi connectivity index (χ2n) is 7.00. The molecule has 1 unspecified atom stereocenters. The topological polar surface area (TPSA) is 50.4 Å². The predicted octanol–water partition coefficient (Wildman–Crippen LogP) is 4.99. The lowest BCUT2D eigenvalue weighted by Gasteiger charge is -2.31. The highest BCUT2D eigenvalue weighted by Gasteiger charge is 2.39. The van der Waals surface area contributed by atoms with Crippen molar-refractivity contribution in [1.29, 1.82) is 0 Å². The number of rotatable bonds is 2. The van der Waals surface area contributed by atoms with Gasteiger partial charge in [0.1, 0.15) is 10.6 Å². The maximum absolute atomic E-state index is 11.6. The van der Waals surface area contributed by atoms with Gasteiger partial charge in [-0.25, -0.2) is 9.50 Å². The summed E-state index contributed by atoms with van der Waals surface area (Å²) in [6.07, 6.45) is 4.49. The Kier molecular flexibility index (Phi) is 3.86. The van der Waals surface area contributed by atoms with Gasteiger partial charge in [0.25, 0.3) is 0 Å². The summed E-state index contributed by atoms with van der Waals surface area (Å²) in [6.45, 7) is 2.01. The van der Waals surface area contributed by atoms with Gasteiger partial charge in [0.05, 0.1) is 22.5 Å². The summed E-state index contributed by atoms with van der Waals surface area (Å²) < 4.78 is 1.89. The zero-order valence-corrected chi connectivity index (χ0v) is 16.4. The van der Waals surface area contributed by atoms with Crippen molar-refractivity contribution >= 4 is 28.5 Å². The number of halogens is 1. The molecule has 1 aliphatic carbocycles. The largest absolute Gasteiger partial charge is 0.379 e. The first-order valence-electron chi connectivity index (χ1n) is 8.99. The van der Waals surface area contributed by atoms with Gasteiger partial charge in [-0.1, -0.05) is 29.8 Å². The highest BCUT2D eigenvalue weighted by molar-refractivity contribution is 7.15. The minimum Gasteiger partial charge on any atom is -0.379 e. The number of aromatic nitrogens is 3. The molecule has 136 valence electrons. The monoisotopic (exact) mass is 395 g/mol. The van der Waals surface area contributed by atoms with Gasteiger partial charge in [-0.3, -0.25) is 0 Å². The molecule has 1 N–H and O–H groups in total. The van der Waals surface area contributed by atoms with Crippen molar-refractivity contribution in [3.05, 3.63) is 75.5 Å². The number of benzene rings is 1. The molecule has 0 aliphatic heterocycles. The summed E-state index contributed by atoms with van der Waals surface area (Å²) in [5.74, 6) is 0. The standard InChI is InChI=1S/C21H18ClN3OS/c1-13-18(16-5-2-3-12-25(16)24-13)20-23-19-17(27-20)6-4-11-21(19,26)14-7-9-15(22)10-8-14/h2-3,5,7-10,12,26H,4,6,11H2,1H3. The van der Waals surface area contributed by atoms with E-state index in [1.165, 1.54) is 0 Å². The summed E-state index contributed by atoms with van der Waals surface area (Å²) in [7, 11) is 0. The van der Waals surface area contributed by atoms with Crippen LogP contribution in [0.5, 0.6) is 0 Å². The zero-order valence-electron chi connectivity index (χ0n) is 14.8. The first kappa shape index (κ1) is 16.9. The number of hydrogen-bond donors (Lipinski definition) is 1. The van der Waals surface area contributed by atoms with E-state index < -0.39 is 5.60 Å². The quantitative estimate of drug-likeness (QED) is 0.520. The van der Waals surface area contributed by atoms with Crippen LogP contribution in [0.3, 0.4) is 0 Å². The van der Waals surface area contributed by atoms with Crippen molar-refractivity contribution in [3.63, 3.8) is 0 Å². The van der Waals surface area contributed by atoms with E-state index in [0.717, 1.165) is 50.8 Å². The second-order valence-corrected chi connectivity index (χ2v) is 8.52. The fourth-order valence-corrected chi connectivity index (χ4v) is 5.37. The Labute approximate surface area is 166 Å². The van der Waals surface area contributed by atoms with Crippen LogP contribution in [0.2, 0.25) is 5.02 Å². The van der Waals surface area contributed by atoms with Crippen LogP contribution < -0.4 is 0 Å². The van der Waals surface area contributed by atoms with E-state index in [4.69, 9.17) is 16.6 Å². The molecular weight excluding hydrogens is 378 g/mol. The molecule has 1 aromatic carbocycles. The molecule has 0 saturated heterocycles. The number of pyridine rings is 1. The van der Waals surface area contributed by atoms with Gasteiger partial charge in [0.2, 0.25) is 0 Å². The summed E-state index contributed by atoms with van der Waals surface area (Å²) in [5.41, 5.74) is 3.60. The van der Waals surface area contributed by atoms with Gasteiger partial charge in [-0.2, -0.15) is 5.10 Å². The smallest absolute Gasteiger partial charge is 0.133 e. The zero-order chi connectivity index (χ0) is 18.6. The molecule has 4 aromatic rings. The van der Waals surface area contributed by atoms with Gasteiger partial charge in [-0.15, -0.1) is 11.3 Å². The van der Waals surface area contributed by atoms with Crippen molar-refractivity contribution in [3.8, 4) is 10.6 Å². The van der Waals surface area contributed by atoms with Crippen LogP contribution in [0, 0.1) is 6.92 Å². The normalized spacial score (nSPS) is 19.4. The summed E-state index contributed by atoms with van der Waals surface area (Å²) in [6, 6.07) is 13.5. The van der Waals surface area contributed by atoms with Gasteiger partial charge in [0.15, 0.2) is 0 Å². The van der Waals surface area contributed by atoms with Gasteiger partial charge in [-0.05, 0) is 56.0 Å². The molecule has 0 amide bonds. The van der Waals surface area contributed by atoms with E-state index in [1.54, 1.807) is 11.3 Å². The van der Waals surface area contributed by atoms with Crippen LogP contribution in [-0.4, -0.2) is 19.7 Å². The SMILES string of the molecule is Cc1nn2ccccc2c1-c1nc2c(s1)CCCC2(O)c1ccc(Cl)cc1. The minimum atomic E-state index is -1.07. The van der Waals surface area contributed by atoms with Crippen molar-refractivity contribution in [1.82, 2.24) is 14.6 Å². The van der Waals surface area contributed by atoms with Gasteiger partial charge in [0, 0.05) is 16.1 Å². The molecule has 1 aliphatic rings. The molecule has 4 nitrogen and oxygen atoms in total. The van der Waals surface area contributed by atoms with Crippen molar-refractivity contribution in [2.75, 3.05) is 0 Å². The maximum Gasteiger partial charge on any atom is 0.133 e. The molecule has 0 spiro atoms. The summed E-state index contributed by atoms with van der Waals surface area (Å²) >= 11 is 7.71. The lowest BCUT2D eigenvalue weighted by atomic mass is 9.81. The van der Waals surface area contributed by atoms with Gasteiger partial charge < -0.3 is 5.11 Å². The Balaban J connectivity index is 1.68. The lowest BCUT2D eigenvalue weighted by molar-refractivity contribution is 0.0581. The summed E-state index contributed by atoms with van der Waals surface area (Å²) in [4.78, 5) is 6.09. The molecule has 3 heterocycles. The highest BCUT2D eigenvalue weighted by atomic mass is 35.5. The molecule has 5 rings (SSSR count). The highest BCUT2D eigenvalue weighted by Crippen LogP contribution is 2.45. The molecule has 0 fully saturated rings. The van der Waals surface area contributed by atoms with E-state index >= 15 is 0 Å². The predicted molar refractivity (Wildman–Crippen MR) is 108 cm³/mol. The summed E-state index contributed by atoms with van der Waals surface area (Å²) in [5, 5.41) is 17.8. The number of thiazole rings is 1. The third-order valence-corrected chi connectivity index (χ3v) is 6.67. The maximum atomic E-state index is 11.6. The third kappa shape index (κ3) is 2.61. The van der Waals surface area contributed by atoms with E-state index in [0.29, 0.717) is 11.4 Å². The molecule has 3 aromatic heterocycles. The molecular formula is C21H18ClN3OS. The molecule has 6 heteroatoms. The first-order chi connectivity index (χ1) is 13.1. The number of aliphatic hydroxyl groups is 1. The van der Waals surface area contributed by atoms with E-state index in [2.05, 4.69) is 11.2 Å². The fourth-order valence-electron chi connectivity index (χ4n) is 3.96. The van der Waals surface area contributed by atoms with Crippen LogP contribution in [-0.2, 0) is 12.0 Å². The number of nitrogens with zero attached hydrogens (tertiary/aromatic N) is 3. The van der Waals surface area contributed by atoms with Crippen molar-refractivity contribution < 1.29 is 5.11 Å². The third-order valence-electron chi connectivity index (χ3n) is 5.28. The van der Waals surface area contributed by atoms with Crippen LogP contribution in [0.1, 0.15) is 34.7 Å². The van der Waals surface area contributed by atoms with E-state index in [1.807, 2.05) is 54.0 Å². The number of aryl methyl sites for hydroxylation is 2. The fraction of sp³-hybridized carbons (Fsp3) is 0.238. The lowest BCUT2D eigenvalue weighted by Crippen LogP contribution is -2.31. The number of fused-ring (bicyclic) bond motifs is 2.